The number of carbonyl (C=O) groups is 1. The maximum Gasteiger partial charge on any atom is 0.233 e. The second kappa shape index (κ2) is 5.75. The van der Waals surface area contributed by atoms with Crippen LogP contribution in [-0.4, -0.2) is 32.9 Å². The first kappa shape index (κ1) is 12.0. The van der Waals surface area contributed by atoms with E-state index in [2.05, 4.69) is 20.5 Å². The smallest absolute Gasteiger partial charge is 0.233 e. The summed E-state index contributed by atoms with van der Waals surface area (Å²) in [6, 6.07) is 0. The van der Waals surface area contributed by atoms with Crippen LogP contribution >= 0.6 is 11.8 Å². The van der Waals surface area contributed by atoms with E-state index in [0.717, 1.165) is 18.8 Å². The molecule has 0 saturated carbocycles. The number of rotatable bonds is 5. The molecule has 1 aromatic heterocycles. The van der Waals surface area contributed by atoms with Gasteiger partial charge in [-0.25, -0.2) is 4.98 Å². The Labute approximate surface area is 93.4 Å². The fraction of sp³-hybridized carbons (Fsp3) is 0.667. The molecule has 0 aliphatic carbocycles. The van der Waals surface area contributed by atoms with Gasteiger partial charge in [-0.05, 0) is 20.3 Å². The van der Waals surface area contributed by atoms with Crippen molar-refractivity contribution in [1.82, 2.24) is 20.5 Å². The standard InChI is InChI=1S/C9H16N4OS/c1-4-5-10-8(14)6(2)15-9-11-7(3)12-13-9/h6H,4-5H2,1-3H3,(H,10,14)(H,11,12,13). The van der Waals surface area contributed by atoms with Crippen LogP contribution in [0.3, 0.4) is 0 Å². The number of aryl methyl sites for hydroxylation is 1. The second-order valence-electron chi connectivity index (χ2n) is 3.25. The topological polar surface area (TPSA) is 70.7 Å². The van der Waals surface area contributed by atoms with E-state index < -0.39 is 0 Å². The summed E-state index contributed by atoms with van der Waals surface area (Å²) in [5.41, 5.74) is 0. The molecule has 5 nitrogen and oxygen atoms in total. The Hall–Kier alpha value is -1.04. The van der Waals surface area contributed by atoms with Gasteiger partial charge in [0, 0.05) is 6.54 Å². The van der Waals surface area contributed by atoms with Gasteiger partial charge in [0.15, 0.2) is 0 Å². The maximum absolute atomic E-state index is 11.5. The third-order valence-corrected chi connectivity index (χ3v) is 2.74. The minimum absolute atomic E-state index is 0.0318. The molecule has 1 aromatic rings. The van der Waals surface area contributed by atoms with Crippen LogP contribution in [0.2, 0.25) is 0 Å². The highest BCUT2D eigenvalue weighted by Gasteiger charge is 2.15. The average molecular weight is 228 g/mol. The van der Waals surface area contributed by atoms with Crippen LogP contribution in [0.15, 0.2) is 5.16 Å². The molecule has 6 heteroatoms. The Morgan fingerprint density at radius 1 is 1.67 bits per heavy atom. The van der Waals surface area contributed by atoms with Gasteiger partial charge in [0.25, 0.3) is 0 Å². The number of amides is 1. The van der Waals surface area contributed by atoms with Crippen molar-refractivity contribution < 1.29 is 4.79 Å². The molecule has 0 aliphatic heterocycles. The molecular weight excluding hydrogens is 212 g/mol. The summed E-state index contributed by atoms with van der Waals surface area (Å²) in [4.78, 5) is 15.6. The zero-order chi connectivity index (χ0) is 11.3. The van der Waals surface area contributed by atoms with Crippen LogP contribution in [0.5, 0.6) is 0 Å². The predicted octanol–water partition coefficient (Wildman–Crippen LogP) is 1.12. The Kier molecular flexibility index (Phi) is 4.61. The van der Waals surface area contributed by atoms with E-state index >= 15 is 0 Å². The maximum atomic E-state index is 11.5. The number of aromatic amines is 1. The lowest BCUT2D eigenvalue weighted by atomic mass is 10.4. The summed E-state index contributed by atoms with van der Waals surface area (Å²) >= 11 is 1.36. The van der Waals surface area contributed by atoms with Crippen molar-refractivity contribution in [2.24, 2.45) is 0 Å². The van der Waals surface area contributed by atoms with Gasteiger partial charge < -0.3 is 5.32 Å². The van der Waals surface area contributed by atoms with Gasteiger partial charge in [-0.3, -0.25) is 9.89 Å². The fourth-order valence-corrected chi connectivity index (χ4v) is 1.77. The number of thioether (sulfide) groups is 1. The molecule has 0 saturated heterocycles. The lowest BCUT2D eigenvalue weighted by Crippen LogP contribution is -2.31. The lowest BCUT2D eigenvalue weighted by Gasteiger charge is -2.08. The largest absolute Gasteiger partial charge is 0.355 e. The quantitative estimate of drug-likeness (QED) is 0.741. The fourth-order valence-electron chi connectivity index (χ4n) is 0.978. The minimum atomic E-state index is -0.160. The van der Waals surface area contributed by atoms with Crippen molar-refractivity contribution in [3.63, 3.8) is 0 Å². The normalized spacial score (nSPS) is 12.5. The van der Waals surface area contributed by atoms with Crippen molar-refractivity contribution in [1.29, 1.82) is 0 Å². The van der Waals surface area contributed by atoms with E-state index in [1.165, 1.54) is 11.8 Å². The molecule has 0 fully saturated rings. The molecule has 15 heavy (non-hydrogen) atoms. The third-order valence-electron chi connectivity index (χ3n) is 1.78. The van der Waals surface area contributed by atoms with E-state index in [-0.39, 0.29) is 11.2 Å². The van der Waals surface area contributed by atoms with Crippen molar-refractivity contribution in [2.45, 2.75) is 37.6 Å². The molecule has 0 aliphatic rings. The number of H-pyrrole nitrogens is 1. The summed E-state index contributed by atoms with van der Waals surface area (Å²) in [6.07, 6.45) is 0.947. The third kappa shape index (κ3) is 3.91. The van der Waals surface area contributed by atoms with Crippen LogP contribution < -0.4 is 5.32 Å². The first-order valence-corrected chi connectivity index (χ1v) is 5.84. The zero-order valence-electron chi connectivity index (χ0n) is 9.20. The van der Waals surface area contributed by atoms with Gasteiger partial charge >= 0.3 is 0 Å². The highest BCUT2D eigenvalue weighted by Crippen LogP contribution is 2.18. The first-order valence-electron chi connectivity index (χ1n) is 4.97. The van der Waals surface area contributed by atoms with Crippen LogP contribution in [0.1, 0.15) is 26.1 Å². The summed E-state index contributed by atoms with van der Waals surface area (Å²) in [5.74, 6) is 0.794. The number of hydrogen-bond acceptors (Lipinski definition) is 4. The molecule has 1 amide bonds. The van der Waals surface area contributed by atoms with Gasteiger partial charge in [-0.15, -0.1) is 5.10 Å². The van der Waals surface area contributed by atoms with Gasteiger partial charge in [0.05, 0.1) is 5.25 Å². The number of aromatic nitrogens is 3. The predicted molar refractivity (Wildman–Crippen MR) is 59.7 cm³/mol. The second-order valence-corrected chi connectivity index (χ2v) is 4.56. The highest BCUT2D eigenvalue weighted by molar-refractivity contribution is 8.00. The van der Waals surface area contributed by atoms with E-state index in [4.69, 9.17) is 0 Å². The molecule has 0 radical (unpaired) electrons. The number of hydrogen-bond donors (Lipinski definition) is 2. The molecular formula is C9H16N4OS. The monoisotopic (exact) mass is 228 g/mol. The van der Waals surface area contributed by atoms with Crippen molar-refractivity contribution in [3.8, 4) is 0 Å². The van der Waals surface area contributed by atoms with E-state index in [1.54, 1.807) is 0 Å². The molecule has 0 bridgehead atoms. The molecule has 2 N–H and O–H groups in total. The van der Waals surface area contributed by atoms with E-state index in [9.17, 15) is 4.79 Å². The van der Waals surface area contributed by atoms with Crippen LogP contribution in [-0.2, 0) is 4.79 Å². The molecule has 1 unspecified atom stereocenters. The molecule has 0 spiro atoms. The van der Waals surface area contributed by atoms with Crippen molar-refractivity contribution in [2.75, 3.05) is 6.54 Å². The lowest BCUT2D eigenvalue weighted by molar-refractivity contribution is -0.120. The van der Waals surface area contributed by atoms with Crippen LogP contribution in [0.4, 0.5) is 0 Å². The summed E-state index contributed by atoms with van der Waals surface area (Å²) in [6.45, 7) is 6.42. The highest BCUT2D eigenvalue weighted by atomic mass is 32.2. The van der Waals surface area contributed by atoms with E-state index in [1.807, 2.05) is 20.8 Å². The van der Waals surface area contributed by atoms with Gasteiger partial charge in [0.1, 0.15) is 5.82 Å². The Bertz CT molecular complexity index is 326. The molecule has 0 aromatic carbocycles. The summed E-state index contributed by atoms with van der Waals surface area (Å²) in [5, 5.41) is 10.00. The molecule has 1 heterocycles. The summed E-state index contributed by atoms with van der Waals surface area (Å²) in [7, 11) is 0. The van der Waals surface area contributed by atoms with Crippen LogP contribution in [0.25, 0.3) is 0 Å². The number of nitrogens with zero attached hydrogens (tertiary/aromatic N) is 2. The molecule has 1 rings (SSSR count). The Morgan fingerprint density at radius 2 is 2.40 bits per heavy atom. The van der Waals surface area contributed by atoms with Crippen LogP contribution in [0, 0.1) is 6.92 Å². The number of carbonyl (C=O) groups excluding carboxylic acids is 1. The van der Waals surface area contributed by atoms with Crippen molar-refractivity contribution in [3.05, 3.63) is 5.82 Å². The van der Waals surface area contributed by atoms with Gasteiger partial charge in [0.2, 0.25) is 11.1 Å². The van der Waals surface area contributed by atoms with E-state index in [0.29, 0.717) is 5.16 Å². The Morgan fingerprint density at radius 3 is 2.93 bits per heavy atom. The average Bonchev–Trinajstić information content (AvgIpc) is 2.60. The SMILES string of the molecule is CCCNC(=O)C(C)Sc1n[nH]c(C)n1. The first-order chi connectivity index (χ1) is 7.13. The van der Waals surface area contributed by atoms with Gasteiger partial charge in [-0.1, -0.05) is 18.7 Å². The number of nitrogens with one attached hydrogen (secondary N) is 2. The van der Waals surface area contributed by atoms with Crippen molar-refractivity contribution >= 4 is 17.7 Å². The zero-order valence-corrected chi connectivity index (χ0v) is 10.0. The molecule has 84 valence electrons. The molecule has 1 atom stereocenters. The Balaban J connectivity index is 2.41. The minimum Gasteiger partial charge on any atom is -0.355 e. The van der Waals surface area contributed by atoms with Gasteiger partial charge in [-0.2, -0.15) is 0 Å². The summed E-state index contributed by atoms with van der Waals surface area (Å²) < 4.78 is 0.